The molecule has 0 bridgehead atoms. The molecule has 2 aromatic carbocycles. The summed E-state index contributed by atoms with van der Waals surface area (Å²) in [6, 6.07) is 11.9. The molecular weight excluding hydrogens is 380 g/mol. The number of carbonyl (C=O) groups excluding carboxylic acids is 1. The van der Waals surface area contributed by atoms with E-state index in [0.29, 0.717) is 0 Å². The van der Waals surface area contributed by atoms with E-state index in [1.54, 1.807) is 0 Å². The van der Waals surface area contributed by atoms with E-state index in [-0.39, 0.29) is 5.78 Å². The average Bonchev–Trinajstić information content (AvgIpc) is 3.24. The lowest BCUT2D eigenvalue weighted by Crippen LogP contribution is -2.14. The zero-order valence-electron chi connectivity index (χ0n) is 10.5. The quantitative estimate of drug-likeness (QED) is 0.506. The van der Waals surface area contributed by atoms with Crippen molar-refractivity contribution >= 4 is 43.2 Å². The van der Waals surface area contributed by atoms with Crippen LogP contribution in [-0.2, 0) is 0 Å². The van der Waals surface area contributed by atoms with Crippen molar-refractivity contribution in [2.45, 2.75) is 12.8 Å². The van der Waals surface area contributed by atoms with Crippen LogP contribution in [0.4, 0.5) is 0 Å². The molecule has 1 fully saturated rings. The standard InChI is InChI=1S/C17H10Br2O/c18-10-4-6-13-14(7-10)16(9-1-2-9)12-5-3-11(19)8-15(12)17(13)20/h3-8H,1-2H2. The van der Waals surface area contributed by atoms with E-state index in [2.05, 4.69) is 44.0 Å². The normalized spacial score (nSPS) is 16.0. The first-order valence-electron chi connectivity index (χ1n) is 6.52. The van der Waals surface area contributed by atoms with Gasteiger partial charge < -0.3 is 0 Å². The van der Waals surface area contributed by atoms with Crippen molar-refractivity contribution < 1.29 is 4.79 Å². The minimum Gasteiger partial charge on any atom is -0.289 e. The molecule has 0 saturated heterocycles. The van der Waals surface area contributed by atoms with Gasteiger partial charge in [0.05, 0.1) is 0 Å². The van der Waals surface area contributed by atoms with Crippen molar-refractivity contribution in [3.63, 3.8) is 0 Å². The Balaban J connectivity index is 2.09. The smallest absolute Gasteiger partial charge is 0.194 e. The molecule has 4 rings (SSSR count). The summed E-state index contributed by atoms with van der Waals surface area (Å²) in [4.78, 5) is 12.7. The summed E-state index contributed by atoms with van der Waals surface area (Å²) in [5.74, 6) is 0.119. The average molecular weight is 390 g/mol. The third-order valence-corrected chi connectivity index (χ3v) is 4.83. The Morgan fingerprint density at radius 2 is 1.35 bits per heavy atom. The molecule has 0 heterocycles. The molecule has 1 nitrogen and oxygen atoms in total. The molecule has 2 aromatic rings. The van der Waals surface area contributed by atoms with Gasteiger partial charge in [-0.15, -0.1) is 0 Å². The minimum absolute atomic E-state index is 0.119. The van der Waals surface area contributed by atoms with Crippen molar-refractivity contribution in [2.75, 3.05) is 0 Å². The Hall–Kier alpha value is -1.19. The van der Waals surface area contributed by atoms with Gasteiger partial charge in [0.25, 0.3) is 0 Å². The number of ketones is 1. The fraction of sp³-hybridized carbons (Fsp3) is 0.118. The first-order valence-corrected chi connectivity index (χ1v) is 8.10. The topological polar surface area (TPSA) is 17.1 Å². The first-order chi connectivity index (χ1) is 9.65. The van der Waals surface area contributed by atoms with E-state index in [1.165, 1.54) is 11.1 Å². The summed E-state index contributed by atoms with van der Waals surface area (Å²) in [5.41, 5.74) is 6.50. The monoisotopic (exact) mass is 388 g/mol. The van der Waals surface area contributed by atoms with E-state index in [4.69, 9.17) is 0 Å². The van der Waals surface area contributed by atoms with Crippen LogP contribution in [-0.4, -0.2) is 5.78 Å². The highest BCUT2D eigenvalue weighted by Gasteiger charge is 2.31. The van der Waals surface area contributed by atoms with Gasteiger partial charge in [-0.2, -0.15) is 0 Å². The van der Waals surface area contributed by atoms with Crippen LogP contribution in [0.25, 0.3) is 5.57 Å². The number of fused-ring (bicyclic) bond motifs is 2. The first kappa shape index (κ1) is 12.5. The van der Waals surface area contributed by atoms with E-state index >= 15 is 0 Å². The van der Waals surface area contributed by atoms with Gasteiger partial charge >= 0.3 is 0 Å². The number of halogens is 2. The Morgan fingerprint density at radius 1 is 0.750 bits per heavy atom. The molecule has 0 amide bonds. The Kier molecular flexibility index (Phi) is 2.76. The Labute approximate surface area is 134 Å². The molecule has 0 aliphatic heterocycles. The fourth-order valence-corrected chi connectivity index (χ4v) is 3.55. The molecule has 0 radical (unpaired) electrons. The molecule has 0 aromatic heterocycles. The van der Waals surface area contributed by atoms with Crippen molar-refractivity contribution in [1.82, 2.24) is 0 Å². The van der Waals surface area contributed by atoms with Crippen LogP contribution < -0.4 is 0 Å². The SMILES string of the molecule is O=C1c2cc(Br)ccc2C(=C2CC2)c2cc(Br)ccc21. The highest BCUT2D eigenvalue weighted by molar-refractivity contribution is 9.10. The molecule has 20 heavy (non-hydrogen) atoms. The van der Waals surface area contributed by atoms with Crippen LogP contribution in [0.1, 0.15) is 39.9 Å². The lowest BCUT2D eigenvalue weighted by Gasteiger charge is -2.22. The molecule has 2 aliphatic carbocycles. The molecule has 0 unspecified atom stereocenters. The molecule has 2 aliphatic rings. The number of benzene rings is 2. The van der Waals surface area contributed by atoms with E-state index < -0.39 is 0 Å². The molecule has 0 spiro atoms. The van der Waals surface area contributed by atoms with Crippen LogP contribution >= 0.6 is 31.9 Å². The lowest BCUT2D eigenvalue weighted by atomic mass is 9.81. The van der Waals surface area contributed by atoms with Gasteiger partial charge in [-0.25, -0.2) is 0 Å². The van der Waals surface area contributed by atoms with Crippen molar-refractivity contribution in [1.29, 1.82) is 0 Å². The highest BCUT2D eigenvalue weighted by Crippen LogP contribution is 2.46. The zero-order valence-corrected chi connectivity index (χ0v) is 13.7. The number of allylic oxidation sites excluding steroid dienone is 1. The molecular formula is C17H10Br2O. The molecule has 0 N–H and O–H groups in total. The van der Waals surface area contributed by atoms with Gasteiger partial charge in [-0.3, -0.25) is 4.79 Å². The van der Waals surface area contributed by atoms with E-state index in [1.807, 2.05) is 24.3 Å². The highest BCUT2D eigenvalue weighted by atomic mass is 79.9. The second-order valence-electron chi connectivity index (χ2n) is 5.19. The van der Waals surface area contributed by atoms with Crippen LogP contribution in [0.3, 0.4) is 0 Å². The molecule has 1 saturated carbocycles. The number of hydrogen-bond donors (Lipinski definition) is 0. The summed E-state index contributed by atoms with van der Waals surface area (Å²) in [6.45, 7) is 0. The van der Waals surface area contributed by atoms with Crippen LogP contribution in [0.2, 0.25) is 0 Å². The summed E-state index contributed by atoms with van der Waals surface area (Å²) in [7, 11) is 0. The summed E-state index contributed by atoms with van der Waals surface area (Å²) in [6.07, 6.45) is 2.29. The third kappa shape index (κ3) is 1.84. The van der Waals surface area contributed by atoms with Crippen molar-refractivity contribution in [2.24, 2.45) is 0 Å². The third-order valence-electron chi connectivity index (χ3n) is 3.84. The molecule has 0 atom stereocenters. The Bertz CT molecular complexity index is 797. The number of carbonyl (C=O) groups is 1. The Morgan fingerprint density at radius 3 is 2.00 bits per heavy atom. The summed E-state index contributed by atoms with van der Waals surface area (Å²) < 4.78 is 1.97. The minimum atomic E-state index is 0.119. The van der Waals surface area contributed by atoms with Gasteiger partial charge in [0.1, 0.15) is 0 Å². The maximum atomic E-state index is 12.7. The van der Waals surface area contributed by atoms with Gasteiger partial charge in [-0.1, -0.05) is 43.5 Å². The zero-order chi connectivity index (χ0) is 13.9. The van der Waals surface area contributed by atoms with E-state index in [0.717, 1.165) is 44.0 Å². The molecule has 98 valence electrons. The molecule has 3 heteroatoms. The number of rotatable bonds is 0. The maximum Gasteiger partial charge on any atom is 0.194 e. The van der Waals surface area contributed by atoms with Gasteiger partial charge in [0.15, 0.2) is 5.78 Å². The summed E-state index contributed by atoms with van der Waals surface area (Å²) >= 11 is 6.98. The van der Waals surface area contributed by atoms with Crippen LogP contribution in [0.5, 0.6) is 0 Å². The van der Waals surface area contributed by atoms with E-state index in [9.17, 15) is 4.79 Å². The van der Waals surface area contributed by atoms with Crippen molar-refractivity contribution in [3.05, 3.63) is 73.2 Å². The second kappa shape index (κ2) is 4.40. The van der Waals surface area contributed by atoms with Gasteiger partial charge in [-0.05, 0) is 59.9 Å². The largest absolute Gasteiger partial charge is 0.289 e. The van der Waals surface area contributed by atoms with Crippen LogP contribution in [0.15, 0.2) is 50.9 Å². The van der Waals surface area contributed by atoms with Gasteiger partial charge in [0.2, 0.25) is 0 Å². The fourth-order valence-electron chi connectivity index (χ4n) is 2.83. The van der Waals surface area contributed by atoms with Gasteiger partial charge in [0, 0.05) is 20.1 Å². The second-order valence-corrected chi connectivity index (χ2v) is 7.02. The predicted octanol–water partition coefficient (Wildman–Crippen LogP) is 5.35. The van der Waals surface area contributed by atoms with Crippen molar-refractivity contribution in [3.8, 4) is 0 Å². The summed E-state index contributed by atoms with van der Waals surface area (Å²) in [5, 5.41) is 0. The predicted molar refractivity (Wildman–Crippen MR) is 87.0 cm³/mol. The van der Waals surface area contributed by atoms with Crippen LogP contribution in [0, 0.1) is 0 Å². The maximum absolute atomic E-state index is 12.7. The number of hydrogen-bond acceptors (Lipinski definition) is 1. The lowest BCUT2D eigenvalue weighted by molar-refractivity contribution is 0.103.